The van der Waals surface area contributed by atoms with Crippen molar-refractivity contribution in [2.24, 2.45) is 7.05 Å². The van der Waals surface area contributed by atoms with Gasteiger partial charge in [-0.15, -0.1) is 0 Å². The molecule has 26 heavy (non-hydrogen) atoms. The average Bonchev–Trinajstić information content (AvgIpc) is 3.35. The number of hydrogen-bond acceptors (Lipinski definition) is 3. The topological polar surface area (TPSA) is 68.0 Å². The standard InChI is InChI=1S/C19H30N6O/c1-7-10-25-15(5)18(13(3)22-25)20-19(26)24(16-8-9-16)11-17-12(2)21-23(6)14(17)4/h16H,7-11H2,1-6H3,(H,20,26). The molecule has 3 rings (SSSR count). The second-order valence-electron chi connectivity index (χ2n) is 7.33. The summed E-state index contributed by atoms with van der Waals surface area (Å²) in [7, 11) is 1.95. The molecule has 7 nitrogen and oxygen atoms in total. The first-order valence-electron chi connectivity index (χ1n) is 9.44. The molecule has 0 aromatic carbocycles. The van der Waals surface area contributed by atoms with Crippen LogP contribution in [0.4, 0.5) is 10.5 Å². The zero-order chi connectivity index (χ0) is 19.0. The highest BCUT2D eigenvalue weighted by molar-refractivity contribution is 5.91. The van der Waals surface area contributed by atoms with Crippen LogP contribution >= 0.6 is 0 Å². The van der Waals surface area contributed by atoms with Gasteiger partial charge in [-0.3, -0.25) is 9.36 Å². The summed E-state index contributed by atoms with van der Waals surface area (Å²) in [5, 5.41) is 12.2. The van der Waals surface area contributed by atoms with Gasteiger partial charge in [-0.25, -0.2) is 4.79 Å². The number of nitrogens with one attached hydrogen (secondary N) is 1. The van der Waals surface area contributed by atoms with Gasteiger partial charge in [0.15, 0.2) is 0 Å². The van der Waals surface area contributed by atoms with Crippen molar-refractivity contribution in [2.45, 2.75) is 73.0 Å². The van der Waals surface area contributed by atoms with E-state index < -0.39 is 0 Å². The van der Waals surface area contributed by atoms with Crippen molar-refractivity contribution in [1.29, 1.82) is 0 Å². The van der Waals surface area contributed by atoms with Crippen molar-refractivity contribution >= 4 is 11.7 Å². The summed E-state index contributed by atoms with van der Waals surface area (Å²) in [5.41, 5.74) is 5.98. The fraction of sp³-hybridized carbons (Fsp3) is 0.632. The van der Waals surface area contributed by atoms with Gasteiger partial charge >= 0.3 is 6.03 Å². The van der Waals surface area contributed by atoms with Crippen LogP contribution in [0.15, 0.2) is 0 Å². The Labute approximate surface area is 155 Å². The average molecular weight is 358 g/mol. The van der Waals surface area contributed by atoms with Crippen LogP contribution < -0.4 is 5.32 Å². The van der Waals surface area contributed by atoms with E-state index in [9.17, 15) is 4.79 Å². The van der Waals surface area contributed by atoms with Crippen molar-refractivity contribution in [1.82, 2.24) is 24.5 Å². The maximum Gasteiger partial charge on any atom is 0.322 e. The van der Waals surface area contributed by atoms with Gasteiger partial charge in [-0.1, -0.05) is 6.92 Å². The van der Waals surface area contributed by atoms with E-state index in [1.165, 1.54) is 0 Å². The molecule has 142 valence electrons. The Hall–Kier alpha value is -2.31. The van der Waals surface area contributed by atoms with Gasteiger partial charge < -0.3 is 10.2 Å². The first-order valence-corrected chi connectivity index (χ1v) is 9.44. The third-order valence-electron chi connectivity index (χ3n) is 5.28. The number of aromatic nitrogens is 4. The van der Waals surface area contributed by atoms with Crippen LogP contribution in [-0.4, -0.2) is 36.5 Å². The largest absolute Gasteiger partial charge is 0.322 e. The summed E-state index contributed by atoms with van der Waals surface area (Å²) in [5.74, 6) is 0. The number of aryl methyl sites for hydroxylation is 4. The van der Waals surface area contributed by atoms with Gasteiger partial charge in [0.25, 0.3) is 0 Å². The van der Waals surface area contributed by atoms with Crippen LogP contribution in [-0.2, 0) is 20.1 Å². The molecule has 7 heteroatoms. The molecule has 2 heterocycles. The van der Waals surface area contributed by atoms with Crippen LogP contribution in [0.3, 0.4) is 0 Å². The third kappa shape index (κ3) is 3.48. The van der Waals surface area contributed by atoms with E-state index in [0.717, 1.165) is 59.8 Å². The summed E-state index contributed by atoms with van der Waals surface area (Å²) in [6.45, 7) is 11.6. The number of urea groups is 1. The summed E-state index contributed by atoms with van der Waals surface area (Å²) >= 11 is 0. The molecule has 0 spiro atoms. The highest BCUT2D eigenvalue weighted by atomic mass is 16.2. The molecule has 2 aromatic rings. The van der Waals surface area contributed by atoms with E-state index >= 15 is 0 Å². The molecule has 1 saturated carbocycles. The van der Waals surface area contributed by atoms with E-state index in [1.807, 2.05) is 42.1 Å². The number of rotatable bonds is 6. The van der Waals surface area contributed by atoms with Gasteiger partial charge in [-0.2, -0.15) is 10.2 Å². The van der Waals surface area contributed by atoms with E-state index in [2.05, 4.69) is 29.4 Å². The zero-order valence-electron chi connectivity index (χ0n) is 16.8. The number of nitrogens with zero attached hydrogens (tertiary/aromatic N) is 5. The quantitative estimate of drug-likeness (QED) is 0.860. The van der Waals surface area contributed by atoms with Gasteiger partial charge in [0.2, 0.25) is 0 Å². The zero-order valence-corrected chi connectivity index (χ0v) is 16.8. The molecule has 1 N–H and O–H groups in total. The van der Waals surface area contributed by atoms with Gasteiger partial charge in [0, 0.05) is 30.9 Å². The van der Waals surface area contributed by atoms with Crippen LogP contribution in [0, 0.1) is 27.7 Å². The van der Waals surface area contributed by atoms with Crippen molar-refractivity contribution < 1.29 is 4.79 Å². The molecule has 0 unspecified atom stereocenters. The second kappa shape index (κ2) is 7.13. The Kier molecular flexibility index (Phi) is 5.07. The van der Waals surface area contributed by atoms with Crippen LogP contribution in [0.25, 0.3) is 0 Å². The highest BCUT2D eigenvalue weighted by Gasteiger charge is 2.34. The SMILES string of the molecule is CCCn1nc(C)c(NC(=O)N(Cc2c(C)nn(C)c2C)C2CC2)c1C. The van der Waals surface area contributed by atoms with E-state index in [-0.39, 0.29) is 6.03 Å². The lowest BCUT2D eigenvalue weighted by Gasteiger charge is -2.23. The summed E-state index contributed by atoms with van der Waals surface area (Å²) in [6, 6.07) is 0.276. The molecular weight excluding hydrogens is 328 g/mol. The number of carbonyl (C=O) groups excluding carboxylic acids is 1. The Morgan fingerprint density at radius 2 is 1.85 bits per heavy atom. The molecule has 1 aliphatic carbocycles. The third-order valence-corrected chi connectivity index (χ3v) is 5.28. The summed E-state index contributed by atoms with van der Waals surface area (Å²) in [6.07, 6.45) is 3.15. The maximum atomic E-state index is 13.1. The number of amides is 2. The predicted octanol–water partition coefficient (Wildman–Crippen LogP) is 3.46. The Balaban J connectivity index is 1.80. The molecule has 0 saturated heterocycles. The Morgan fingerprint density at radius 1 is 1.15 bits per heavy atom. The maximum absolute atomic E-state index is 13.1. The van der Waals surface area contributed by atoms with Gasteiger partial charge in [0.05, 0.1) is 29.3 Å². The molecule has 2 aromatic heterocycles. The smallest absolute Gasteiger partial charge is 0.317 e. The first kappa shape index (κ1) is 18.5. The fourth-order valence-corrected chi connectivity index (χ4v) is 3.46. The molecule has 0 aliphatic heterocycles. The summed E-state index contributed by atoms with van der Waals surface area (Å²) in [4.78, 5) is 15.0. The molecular formula is C19H30N6O. The van der Waals surface area contributed by atoms with Crippen LogP contribution in [0.1, 0.15) is 54.5 Å². The molecule has 1 aliphatic rings. The minimum absolute atomic E-state index is 0.0441. The van der Waals surface area contributed by atoms with Crippen molar-refractivity contribution in [3.63, 3.8) is 0 Å². The minimum Gasteiger partial charge on any atom is -0.317 e. The molecule has 0 radical (unpaired) electrons. The lowest BCUT2D eigenvalue weighted by Crippen LogP contribution is -2.36. The van der Waals surface area contributed by atoms with Gasteiger partial charge in [0.1, 0.15) is 0 Å². The first-order chi connectivity index (χ1) is 12.3. The second-order valence-corrected chi connectivity index (χ2v) is 7.33. The monoisotopic (exact) mass is 358 g/mol. The number of hydrogen-bond donors (Lipinski definition) is 1. The molecule has 0 bridgehead atoms. The lowest BCUT2D eigenvalue weighted by atomic mass is 10.2. The van der Waals surface area contributed by atoms with E-state index in [0.29, 0.717) is 12.6 Å². The fourth-order valence-electron chi connectivity index (χ4n) is 3.46. The Bertz CT molecular complexity index is 815. The van der Waals surface area contributed by atoms with Crippen LogP contribution in [0.5, 0.6) is 0 Å². The molecule has 1 fully saturated rings. The van der Waals surface area contributed by atoms with Crippen molar-refractivity contribution in [2.75, 3.05) is 5.32 Å². The number of anilines is 1. The van der Waals surface area contributed by atoms with Crippen molar-refractivity contribution in [3.8, 4) is 0 Å². The number of carbonyl (C=O) groups is 1. The predicted molar refractivity (Wildman–Crippen MR) is 102 cm³/mol. The summed E-state index contributed by atoms with van der Waals surface area (Å²) < 4.78 is 3.86. The van der Waals surface area contributed by atoms with E-state index in [4.69, 9.17) is 0 Å². The van der Waals surface area contributed by atoms with Gasteiger partial charge in [-0.05, 0) is 47.0 Å². The molecule has 2 amide bonds. The Morgan fingerprint density at radius 3 is 2.38 bits per heavy atom. The van der Waals surface area contributed by atoms with E-state index in [1.54, 1.807) is 0 Å². The lowest BCUT2D eigenvalue weighted by molar-refractivity contribution is 0.206. The van der Waals surface area contributed by atoms with Crippen molar-refractivity contribution in [3.05, 3.63) is 28.3 Å². The minimum atomic E-state index is -0.0441. The molecule has 0 atom stereocenters. The normalized spacial score (nSPS) is 13.9. The highest BCUT2D eigenvalue weighted by Crippen LogP contribution is 2.31. The van der Waals surface area contributed by atoms with Crippen LogP contribution in [0.2, 0.25) is 0 Å².